The van der Waals surface area contributed by atoms with Crippen LogP contribution in [0, 0.1) is 0 Å². The molecule has 0 amide bonds. The smallest absolute Gasteiger partial charge is 0.225 e. The quantitative estimate of drug-likeness (QED) is 0.574. The zero-order valence-corrected chi connectivity index (χ0v) is 14.5. The summed E-state index contributed by atoms with van der Waals surface area (Å²) in [5.74, 6) is 1.94. The Labute approximate surface area is 152 Å². The maximum absolute atomic E-state index is 9.04. The molecule has 1 aromatic carbocycles. The van der Waals surface area contributed by atoms with E-state index in [4.69, 9.17) is 9.84 Å². The van der Waals surface area contributed by atoms with Gasteiger partial charge in [0.2, 0.25) is 5.95 Å². The summed E-state index contributed by atoms with van der Waals surface area (Å²) in [7, 11) is 1.65. The van der Waals surface area contributed by atoms with E-state index in [0.717, 1.165) is 22.6 Å². The first kappa shape index (κ1) is 17.6. The van der Waals surface area contributed by atoms with Gasteiger partial charge in [-0.05, 0) is 18.2 Å². The summed E-state index contributed by atoms with van der Waals surface area (Å²) in [5.41, 5.74) is 2.67. The molecule has 3 N–H and O–H groups in total. The predicted octanol–water partition coefficient (Wildman–Crippen LogP) is 2.56. The maximum Gasteiger partial charge on any atom is 0.225 e. The highest BCUT2D eigenvalue weighted by atomic mass is 16.5. The molecule has 0 spiro atoms. The van der Waals surface area contributed by atoms with Gasteiger partial charge >= 0.3 is 0 Å². The molecule has 0 aliphatic rings. The summed E-state index contributed by atoms with van der Waals surface area (Å²) < 4.78 is 5.38. The van der Waals surface area contributed by atoms with Crippen LogP contribution in [0.1, 0.15) is 5.56 Å². The number of rotatable bonds is 8. The van der Waals surface area contributed by atoms with Crippen molar-refractivity contribution in [1.82, 2.24) is 15.0 Å². The van der Waals surface area contributed by atoms with Crippen molar-refractivity contribution >= 4 is 11.8 Å². The number of aromatic nitrogens is 3. The first-order chi connectivity index (χ1) is 12.8. The minimum atomic E-state index is 0.00442. The maximum atomic E-state index is 9.04. The van der Waals surface area contributed by atoms with Gasteiger partial charge in [0.05, 0.1) is 19.4 Å². The second-order valence-electron chi connectivity index (χ2n) is 5.52. The summed E-state index contributed by atoms with van der Waals surface area (Å²) >= 11 is 0. The van der Waals surface area contributed by atoms with Gasteiger partial charge in [-0.1, -0.05) is 18.2 Å². The molecule has 0 saturated heterocycles. The van der Waals surface area contributed by atoms with Crippen LogP contribution in [0.2, 0.25) is 0 Å². The monoisotopic (exact) mass is 351 g/mol. The molecule has 2 aromatic heterocycles. The Morgan fingerprint density at radius 2 is 1.96 bits per heavy atom. The summed E-state index contributed by atoms with van der Waals surface area (Å²) in [6.07, 6.45) is 3.47. The van der Waals surface area contributed by atoms with Gasteiger partial charge in [0.25, 0.3) is 0 Å². The fraction of sp³-hybridized carbons (Fsp3) is 0.211. The van der Waals surface area contributed by atoms with Crippen molar-refractivity contribution < 1.29 is 9.84 Å². The number of methoxy groups -OCH3 is 1. The van der Waals surface area contributed by atoms with Crippen LogP contribution in [0.15, 0.2) is 54.9 Å². The minimum absolute atomic E-state index is 0.00442. The van der Waals surface area contributed by atoms with E-state index >= 15 is 0 Å². The molecule has 26 heavy (non-hydrogen) atoms. The second kappa shape index (κ2) is 8.77. The Bertz CT molecular complexity index is 842. The van der Waals surface area contributed by atoms with Crippen molar-refractivity contribution in [2.75, 3.05) is 30.9 Å². The first-order valence-corrected chi connectivity index (χ1v) is 8.30. The van der Waals surface area contributed by atoms with Crippen molar-refractivity contribution in [3.63, 3.8) is 0 Å². The number of hydrogen-bond donors (Lipinski definition) is 3. The molecular formula is C19H21N5O2. The van der Waals surface area contributed by atoms with E-state index in [1.54, 1.807) is 19.5 Å². The number of pyridine rings is 1. The summed E-state index contributed by atoms with van der Waals surface area (Å²) in [6, 6.07) is 13.5. The van der Waals surface area contributed by atoms with Crippen molar-refractivity contribution in [2.45, 2.75) is 6.54 Å². The fourth-order valence-corrected chi connectivity index (χ4v) is 2.48. The average molecular weight is 351 g/mol. The van der Waals surface area contributed by atoms with Gasteiger partial charge in [-0.2, -0.15) is 4.98 Å². The van der Waals surface area contributed by atoms with Gasteiger partial charge in [-0.15, -0.1) is 0 Å². The van der Waals surface area contributed by atoms with Gasteiger partial charge in [0.15, 0.2) is 0 Å². The molecule has 0 radical (unpaired) electrons. The van der Waals surface area contributed by atoms with E-state index in [1.165, 1.54) is 0 Å². The Kier molecular flexibility index (Phi) is 5.95. The molecule has 0 aliphatic carbocycles. The molecule has 0 fully saturated rings. The first-order valence-electron chi connectivity index (χ1n) is 8.30. The number of hydrogen-bond acceptors (Lipinski definition) is 7. The molecule has 7 nitrogen and oxygen atoms in total. The van der Waals surface area contributed by atoms with E-state index in [0.29, 0.717) is 24.9 Å². The molecule has 134 valence electrons. The van der Waals surface area contributed by atoms with Crippen LogP contribution < -0.4 is 15.4 Å². The Morgan fingerprint density at radius 1 is 1.08 bits per heavy atom. The number of nitrogens with zero attached hydrogens (tertiary/aromatic N) is 3. The van der Waals surface area contributed by atoms with E-state index in [-0.39, 0.29) is 6.61 Å². The second-order valence-corrected chi connectivity index (χ2v) is 5.52. The van der Waals surface area contributed by atoms with Gasteiger partial charge in [-0.3, -0.25) is 4.98 Å². The Hall–Kier alpha value is -3.19. The Balaban J connectivity index is 1.85. The lowest BCUT2D eigenvalue weighted by Crippen LogP contribution is -2.11. The van der Waals surface area contributed by atoms with E-state index in [2.05, 4.69) is 25.6 Å². The third kappa shape index (κ3) is 4.46. The number of anilines is 2. The number of aliphatic hydroxyl groups excluding tert-OH is 1. The lowest BCUT2D eigenvalue weighted by Gasteiger charge is -2.12. The summed E-state index contributed by atoms with van der Waals surface area (Å²) in [5, 5.41) is 15.4. The van der Waals surface area contributed by atoms with Gasteiger partial charge in [-0.25, -0.2) is 4.98 Å². The Morgan fingerprint density at radius 3 is 2.73 bits per heavy atom. The van der Waals surface area contributed by atoms with Crippen LogP contribution in [0.3, 0.4) is 0 Å². The molecule has 0 aliphatic heterocycles. The van der Waals surface area contributed by atoms with E-state index in [1.807, 2.05) is 42.5 Å². The number of benzene rings is 1. The van der Waals surface area contributed by atoms with Crippen molar-refractivity contribution in [2.24, 2.45) is 0 Å². The third-order valence-electron chi connectivity index (χ3n) is 3.73. The highest BCUT2D eigenvalue weighted by Gasteiger charge is 2.08. The lowest BCUT2D eigenvalue weighted by atomic mass is 10.2. The van der Waals surface area contributed by atoms with Crippen LogP contribution in [-0.4, -0.2) is 40.3 Å². The van der Waals surface area contributed by atoms with Crippen molar-refractivity contribution in [3.8, 4) is 17.0 Å². The molecule has 0 unspecified atom stereocenters. The van der Waals surface area contributed by atoms with Crippen molar-refractivity contribution in [1.29, 1.82) is 0 Å². The van der Waals surface area contributed by atoms with Crippen molar-refractivity contribution in [3.05, 3.63) is 60.4 Å². The largest absolute Gasteiger partial charge is 0.496 e. The predicted molar refractivity (Wildman–Crippen MR) is 101 cm³/mol. The molecule has 0 saturated carbocycles. The average Bonchev–Trinajstić information content (AvgIpc) is 2.71. The zero-order chi connectivity index (χ0) is 18.2. The molecule has 3 aromatic rings. The molecule has 3 rings (SSSR count). The number of ether oxygens (including phenoxy) is 1. The summed E-state index contributed by atoms with van der Waals surface area (Å²) in [6.45, 7) is 0.944. The van der Waals surface area contributed by atoms with Crippen LogP contribution in [0.5, 0.6) is 5.75 Å². The normalized spacial score (nSPS) is 10.4. The van der Waals surface area contributed by atoms with Crippen LogP contribution in [0.4, 0.5) is 11.8 Å². The minimum Gasteiger partial charge on any atom is -0.496 e. The highest BCUT2D eigenvalue weighted by molar-refractivity contribution is 5.63. The zero-order valence-electron chi connectivity index (χ0n) is 14.5. The SMILES string of the molecule is COc1ccccc1CNc1cc(-c2cccnc2)nc(NCCO)n1. The van der Waals surface area contributed by atoms with Gasteiger partial charge in [0, 0.05) is 42.7 Å². The van der Waals surface area contributed by atoms with Crippen LogP contribution in [-0.2, 0) is 6.54 Å². The molecule has 2 heterocycles. The number of para-hydroxylation sites is 1. The van der Waals surface area contributed by atoms with Gasteiger partial charge < -0.3 is 20.5 Å². The van der Waals surface area contributed by atoms with Crippen LogP contribution in [0.25, 0.3) is 11.3 Å². The third-order valence-corrected chi connectivity index (χ3v) is 3.73. The number of nitrogens with one attached hydrogen (secondary N) is 2. The van der Waals surface area contributed by atoms with E-state index in [9.17, 15) is 0 Å². The topological polar surface area (TPSA) is 92.2 Å². The van der Waals surface area contributed by atoms with E-state index < -0.39 is 0 Å². The highest BCUT2D eigenvalue weighted by Crippen LogP contribution is 2.22. The molecule has 0 atom stereocenters. The molecular weight excluding hydrogens is 330 g/mol. The standard InChI is InChI=1S/C19H21N5O2/c1-26-17-7-3-2-5-15(17)13-22-18-11-16(14-6-4-8-20-12-14)23-19(24-18)21-9-10-25/h2-8,11-12,25H,9-10,13H2,1H3,(H2,21,22,23,24). The van der Waals surface area contributed by atoms with Gasteiger partial charge in [0.1, 0.15) is 11.6 Å². The van der Waals surface area contributed by atoms with Crippen LogP contribution >= 0.6 is 0 Å². The number of aliphatic hydroxyl groups is 1. The molecule has 0 bridgehead atoms. The molecule has 7 heteroatoms. The fourth-order valence-electron chi connectivity index (χ4n) is 2.48. The summed E-state index contributed by atoms with van der Waals surface area (Å²) in [4.78, 5) is 13.1. The lowest BCUT2D eigenvalue weighted by molar-refractivity contribution is 0.311.